The van der Waals surface area contributed by atoms with Crippen molar-refractivity contribution in [1.82, 2.24) is 14.9 Å². The number of morpholine rings is 1. The van der Waals surface area contributed by atoms with Crippen LogP contribution in [0.15, 0.2) is 40.9 Å². The van der Waals surface area contributed by atoms with Crippen LogP contribution in [0.25, 0.3) is 0 Å². The van der Waals surface area contributed by atoms with Gasteiger partial charge in [0.1, 0.15) is 4.90 Å². The SMILES string of the molecule is O=C(O)C=CC(=O)O.O=S(=O)(Nc1nc(CN2CCOCC2)cs1)c1cncc(Cl)c1. The maximum atomic E-state index is 12.3. The number of nitrogens with one attached hydrogen (secondary N) is 1. The van der Waals surface area contributed by atoms with E-state index in [9.17, 15) is 18.0 Å². The summed E-state index contributed by atoms with van der Waals surface area (Å²) in [5, 5.41) is 18.1. The molecule has 0 radical (unpaired) electrons. The Balaban J connectivity index is 0.000000366. The molecule has 3 heterocycles. The zero-order chi connectivity index (χ0) is 22.9. The number of ether oxygens (including phenoxy) is 1. The van der Waals surface area contributed by atoms with Gasteiger partial charge in [0.05, 0.1) is 23.9 Å². The number of aromatic nitrogens is 2. The number of hydrogen-bond donors (Lipinski definition) is 3. The van der Waals surface area contributed by atoms with Crippen LogP contribution in [0.2, 0.25) is 5.02 Å². The predicted molar refractivity (Wildman–Crippen MR) is 113 cm³/mol. The molecule has 0 spiro atoms. The standard InChI is InChI=1S/C13H15ClN4O3S2.C4H4O4/c14-10-5-12(7-15-6-10)23(19,20)17-13-16-11(9-22-13)8-18-1-3-21-4-2-18;5-3(6)1-2-4(7)8/h5-7,9H,1-4,8H2,(H,16,17);1-2H,(H,5,6)(H,7,8). The highest BCUT2D eigenvalue weighted by Crippen LogP contribution is 2.22. The van der Waals surface area contributed by atoms with Crippen molar-refractivity contribution in [1.29, 1.82) is 0 Å². The van der Waals surface area contributed by atoms with Crippen molar-refractivity contribution in [3.05, 3.63) is 46.7 Å². The van der Waals surface area contributed by atoms with Gasteiger partial charge in [0, 0.05) is 49.6 Å². The lowest BCUT2D eigenvalue weighted by Crippen LogP contribution is -2.35. The molecule has 168 valence electrons. The van der Waals surface area contributed by atoms with E-state index in [0.29, 0.717) is 37.0 Å². The number of sulfonamides is 1. The first-order valence-electron chi connectivity index (χ1n) is 8.67. The van der Waals surface area contributed by atoms with Crippen LogP contribution in [-0.4, -0.2) is 71.7 Å². The van der Waals surface area contributed by atoms with Crippen molar-refractivity contribution in [2.45, 2.75) is 11.4 Å². The molecule has 2 aromatic heterocycles. The van der Waals surface area contributed by atoms with E-state index in [1.165, 1.54) is 29.8 Å². The highest BCUT2D eigenvalue weighted by atomic mass is 35.5. The van der Waals surface area contributed by atoms with Crippen LogP contribution in [0.3, 0.4) is 0 Å². The lowest BCUT2D eigenvalue weighted by Gasteiger charge is -2.25. The number of hydrogen-bond acceptors (Lipinski definition) is 9. The molecule has 1 aliphatic rings. The van der Waals surface area contributed by atoms with Crippen molar-refractivity contribution in [2.24, 2.45) is 0 Å². The molecule has 0 aliphatic carbocycles. The molecule has 3 rings (SSSR count). The summed E-state index contributed by atoms with van der Waals surface area (Å²) in [4.78, 5) is 29.5. The first-order valence-corrected chi connectivity index (χ1v) is 11.4. The van der Waals surface area contributed by atoms with Crippen molar-refractivity contribution in [3.63, 3.8) is 0 Å². The van der Waals surface area contributed by atoms with Crippen LogP contribution >= 0.6 is 22.9 Å². The molecule has 14 heteroatoms. The Morgan fingerprint density at radius 3 is 2.45 bits per heavy atom. The van der Waals surface area contributed by atoms with Gasteiger partial charge in [-0.15, -0.1) is 11.3 Å². The minimum atomic E-state index is -3.74. The number of carboxylic acid groups (broad SMARTS) is 2. The third kappa shape index (κ3) is 8.98. The Hall–Kier alpha value is -2.58. The molecule has 0 aromatic carbocycles. The largest absolute Gasteiger partial charge is 0.478 e. The number of rotatable bonds is 7. The highest BCUT2D eigenvalue weighted by Gasteiger charge is 2.18. The summed E-state index contributed by atoms with van der Waals surface area (Å²) in [5.41, 5.74) is 0.832. The predicted octanol–water partition coefficient (Wildman–Crippen LogP) is 1.54. The fraction of sp³-hybridized carbons (Fsp3) is 0.294. The van der Waals surface area contributed by atoms with Gasteiger partial charge in [-0.2, -0.15) is 0 Å². The average molecular weight is 491 g/mol. The minimum absolute atomic E-state index is 0.00919. The van der Waals surface area contributed by atoms with Crippen molar-refractivity contribution in [3.8, 4) is 0 Å². The van der Waals surface area contributed by atoms with Crippen LogP contribution in [0.4, 0.5) is 5.13 Å². The van der Waals surface area contributed by atoms with Gasteiger partial charge in [-0.1, -0.05) is 11.6 Å². The van der Waals surface area contributed by atoms with Crippen molar-refractivity contribution >= 4 is 50.0 Å². The Morgan fingerprint density at radius 1 is 1.23 bits per heavy atom. The average Bonchev–Trinajstić information content (AvgIpc) is 3.13. The van der Waals surface area contributed by atoms with E-state index in [0.717, 1.165) is 18.8 Å². The molecule has 31 heavy (non-hydrogen) atoms. The Kier molecular flexibility index (Phi) is 9.33. The lowest BCUT2D eigenvalue weighted by molar-refractivity contribution is -0.134. The summed E-state index contributed by atoms with van der Waals surface area (Å²) >= 11 is 7.03. The second-order valence-corrected chi connectivity index (χ2v) is 8.96. The van der Waals surface area contributed by atoms with Crippen LogP contribution in [0.1, 0.15) is 5.69 Å². The number of carbonyl (C=O) groups is 2. The monoisotopic (exact) mass is 490 g/mol. The third-order valence-electron chi connectivity index (χ3n) is 3.62. The van der Waals surface area contributed by atoms with Gasteiger partial charge in [0.2, 0.25) is 0 Å². The Labute approximate surface area is 187 Å². The second-order valence-electron chi connectivity index (χ2n) is 5.99. The number of anilines is 1. The van der Waals surface area contributed by atoms with E-state index in [2.05, 4.69) is 19.6 Å². The van der Waals surface area contributed by atoms with Gasteiger partial charge in [-0.3, -0.25) is 14.6 Å². The number of carboxylic acids is 2. The molecule has 2 aromatic rings. The van der Waals surface area contributed by atoms with Crippen LogP contribution in [-0.2, 0) is 30.9 Å². The number of aliphatic carboxylic acids is 2. The summed E-state index contributed by atoms with van der Waals surface area (Å²) in [6.07, 6.45) is 3.74. The van der Waals surface area contributed by atoms with E-state index in [4.69, 9.17) is 26.6 Å². The van der Waals surface area contributed by atoms with E-state index in [1.807, 2.05) is 5.38 Å². The van der Waals surface area contributed by atoms with E-state index in [1.54, 1.807) is 0 Å². The molecular formula is C17H19ClN4O7S2. The van der Waals surface area contributed by atoms with Crippen LogP contribution < -0.4 is 4.72 Å². The quantitative estimate of drug-likeness (QED) is 0.485. The fourth-order valence-electron chi connectivity index (χ4n) is 2.27. The van der Waals surface area contributed by atoms with E-state index in [-0.39, 0.29) is 9.92 Å². The zero-order valence-electron chi connectivity index (χ0n) is 16.0. The maximum absolute atomic E-state index is 12.3. The number of nitrogens with zero attached hydrogens (tertiary/aromatic N) is 3. The smallest absolute Gasteiger partial charge is 0.328 e. The molecule has 1 fully saturated rings. The highest BCUT2D eigenvalue weighted by molar-refractivity contribution is 7.93. The fourth-order valence-corrected chi connectivity index (χ4v) is 4.45. The third-order valence-corrected chi connectivity index (χ3v) is 6.07. The molecular weight excluding hydrogens is 472 g/mol. The summed E-state index contributed by atoms with van der Waals surface area (Å²) in [6.45, 7) is 3.82. The van der Waals surface area contributed by atoms with Gasteiger partial charge < -0.3 is 14.9 Å². The first kappa shape index (κ1) is 24.7. The molecule has 0 amide bonds. The molecule has 3 N–H and O–H groups in total. The zero-order valence-corrected chi connectivity index (χ0v) is 18.4. The minimum Gasteiger partial charge on any atom is -0.478 e. The lowest BCUT2D eigenvalue weighted by atomic mass is 10.4. The van der Waals surface area contributed by atoms with Crippen molar-refractivity contribution < 1.29 is 33.0 Å². The van der Waals surface area contributed by atoms with Gasteiger partial charge in [0.25, 0.3) is 10.0 Å². The summed E-state index contributed by atoms with van der Waals surface area (Å²) in [5.74, 6) is -2.51. The second kappa shape index (κ2) is 11.7. The number of thiazole rings is 1. The van der Waals surface area contributed by atoms with Gasteiger partial charge in [0.15, 0.2) is 5.13 Å². The van der Waals surface area contributed by atoms with E-state index >= 15 is 0 Å². The normalized spacial score (nSPS) is 14.6. The molecule has 0 bridgehead atoms. The topological polar surface area (TPSA) is 159 Å². The van der Waals surface area contributed by atoms with E-state index < -0.39 is 22.0 Å². The number of pyridine rings is 1. The van der Waals surface area contributed by atoms with Gasteiger partial charge in [-0.05, 0) is 6.07 Å². The summed E-state index contributed by atoms with van der Waals surface area (Å²) < 4.78 is 32.3. The summed E-state index contributed by atoms with van der Waals surface area (Å²) in [7, 11) is -3.74. The Bertz CT molecular complexity index is 1020. The first-order chi connectivity index (χ1) is 14.7. The molecule has 11 nitrogen and oxygen atoms in total. The van der Waals surface area contributed by atoms with Crippen LogP contribution in [0, 0.1) is 0 Å². The number of halogens is 1. The summed E-state index contributed by atoms with van der Waals surface area (Å²) in [6, 6.07) is 1.35. The van der Waals surface area contributed by atoms with Crippen molar-refractivity contribution in [2.75, 3.05) is 31.0 Å². The van der Waals surface area contributed by atoms with Crippen LogP contribution in [0.5, 0.6) is 0 Å². The maximum Gasteiger partial charge on any atom is 0.328 e. The Morgan fingerprint density at radius 2 is 1.87 bits per heavy atom. The van der Waals surface area contributed by atoms with Gasteiger partial charge >= 0.3 is 11.9 Å². The molecule has 0 saturated carbocycles. The molecule has 1 aliphatic heterocycles. The molecule has 0 unspecified atom stereocenters. The molecule has 0 atom stereocenters. The molecule has 1 saturated heterocycles. The van der Waals surface area contributed by atoms with Gasteiger partial charge in [-0.25, -0.2) is 23.0 Å².